The van der Waals surface area contributed by atoms with Crippen LogP contribution < -0.4 is 14.4 Å². The van der Waals surface area contributed by atoms with E-state index in [2.05, 4.69) is 0 Å². The molecule has 1 aliphatic heterocycles. The van der Waals surface area contributed by atoms with Crippen LogP contribution in [0, 0.1) is 5.92 Å². The van der Waals surface area contributed by atoms with E-state index in [1.807, 2.05) is 6.07 Å². The molecule has 0 radical (unpaired) electrons. The van der Waals surface area contributed by atoms with Crippen molar-refractivity contribution in [1.29, 1.82) is 0 Å². The maximum absolute atomic E-state index is 12.8. The topological polar surface area (TPSA) is 72.2 Å². The van der Waals surface area contributed by atoms with Crippen molar-refractivity contribution in [3.8, 4) is 11.5 Å². The zero-order valence-corrected chi connectivity index (χ0v) is 15.1. The lowest BCUT2D eigenvalue weighted by atomic mass is 10.1. The lowest BCUT2D eigenvalue weighted by Gasteiger charge is -2.22. The first-order valence-corrected chi connectivity index (χ1v) is 8.33. The minimum atomic E-state index is -0.379. The molecule has 2 heterocycles. The molecule has 0 aliphatic carbocycles. The molecule has 0 saturated carbocycles. The number of anilines is 1. The summed E-state index contributed by atoms with van der Waals surface area (Å²) in [5.74, 6) is 1.33. The Morgan fingerprint density at radius 3 is 2.69 bits per heavy atom. The van der Waals surface area contributed by atoms with Crippen molar-refractivity contribution in [3.63, 3.8) is 0 Å². The Bertz CT molecular complexity index is 787. The Hall–Kier alpha value is -2.96. The lowest BCUT2D eigenvalue weighted by Crippen LogP contribution is -2.34. The van der Waals surface area contributed by atoms with E-state index in [1.54, 1.807) is 61.6 Å². The Balaban J connectivity index is 1.70. The van der Waals surface area contributed by atoms with Crippen molar-refractivity contribution in [1.82, 2.24) is 4.90 Å². The van der Waals surface area contributed by atoms with Gasteiger partial charge in [0.25, 0.3) is 0 Å². The molecule has 3 rings (SSSR count). The molecule has 0 N–H and O–H groups in total. The van der Waals surface area contributed by atoms with Gasteiger partial charge in [-0.3, -0.25) is 9.59 Å². The van der Waals surface area contributed by atoms with E-state index in [1.165, 1.54) is 0 Å². The minimum absolute atomic E-state index is 0.0412. The van der Waals surface area contributed by atoms with Crippen molar-refractivity contribution in [3.05, 3.63) is 42.4 Å². The van der Waals surface area contributed by atoms with Crippen LogP contribution in [0.25, 0.3) is 0 Å². The maximum atomic E-state index is 12.8. The second kappa shape index (κ2) is 7.51. The number of benzene rings is 1. The van der Waals surface area contributed by atoms with E-state index < -0.39 is 0 Å². The zero-order valence-electron chi connectivity index (χ0n) is 15.1. The van der Waals surface area contributed by atoms with Gasteiger partial charge in [-0.25, -0.2) is 0 Å². The molecular weight excluding hydrogens is 336 g/mol. The SMILES string of the molecule is COc1ccc(N(C)C(=O)[C@@H]2CC(=O)N(Cc3ccco3)C2)cc1OC. The van der Waals surface area contributed by atoms with E-state index in [0.29, 0.717) is 36.0 Å². The Morgan fingerprint density at radius 1 is 1.27 bits per heavy atom. The molecule has 7 nitrogen and oxygen atoms in total. The number of carbonyl (C=O) groups excluding carboxylic acids is 2. The average molecular weight is 358 g/mol. The van der Waals surface area contributed by atoms with E-state index in [9.17, 15) is 9.59 Å². The summed E-state index contributed by atoms with van der Waals surface area (Å²) in [6, 6.07) is 8.88. The van der Waals surface area contributed by atoms with Crippen molar-refractivity contribution in [2.24, 2.45) is 5.92 Å². The van der Waals surface area contributed by atoms with E-state index in [0.717, 1.165) is 0 Å². The summed E-state index contributed by atoms with van der Waals surface area (Å²) < 4.78 is 15.8. The second-order valence-electron chi connectivity index (χ2n) is 6.19. The van der Waals surface area contributed by atoms with Gasteiger partial charge in [0.15, 0.2) is 11.5 Å². The number of likely N-dealkylation sites (tertiary alicyclic amines) is 1. The molecule has 1 aromatic carbocycles. The standard InChI is InChI=1S/C19H22N2O5/c1-20(14-6-7-16(24-2)17(10-14)25-3)19(23)13-9-18(22)21(11-13)12-15-5-4-8-26-15/h4-8,10,13H,9,11-12H2,1-3H3/t13-/m1/s1. The molecule has 0 spiro atoms. The summed E-state index contributed by atoms with van der Waals surface area (Å²) in [6.45, 7) is 0.770. The molecule has 0 unspecified atom stereocenters. The highest BCUT2D eigenvalue weighted by molar-refractivity contribution is 5.98. The van der Waals surface area contributed by atoms with Crippen LogP contribution in [0.2, 0.25) is 0 Å². The Kier molecular flexibility index (Phi) is 5.16. The third kappa shape index (κ3) is 3.51. The predicted octanol–water partition coefficient (Wildman–Crippen LogP) is 2.31. The van der Waals surface area contributed by atoms with Gasteiger partial charge < -0.3 is 23.7 Å². The molecule has 2 aromatic rings. The van der Waals surface area contributed by atoms with Gasteiger partial charge in [-0.05, 0) is 24.3 Å². The smallest absolute Gasteiger partial charge is 0.232 e. The molecule has 7 heteroatoms. The molecule has 138 valence electrons. The first kappa shape index (κ1) is 17.8. The van der Waals surface area contributed by atoms with Crippen LogP contribution in [-0.4, -0.2) is 44.5 Å². The molecule has 1 aliphatic rings. The summed E-state index contributed by atoms with van der Waals surface area (Å²) in [4.78, 5) is 28.3. The summed E-state index contributed by atoms with van der Waals surface area (Å²) in [6.07, 6.45) is 1.78. The number of carbonyl (C=O) groups is 2. The quantitative estimate of drug-likeness (QED) is 0.792. The highest BCUT2D eigenvalue weighted by atomic mass is 16.5. The highest BCUT2D eigenvalue weighted by Crippen LogP contribution is 2.32. The summed E-state index contributed by atoms with van der Waals surface area (Å²) in [7, 11) is 4.80. The van der Waals surface area contributed by atoms with Gasteiger partial charge in [0.05, 0.1) is 32.9 Å². The minimum Gasteiger partial charge on any atom is -0.493 e. The Morgan fingerprint density at radius 2 is 2.04 bits per heavy atom. The Labute approximate surface area is 152 Å². The molecule has 1 aromatic heterocycles. The molecule has 0 bridgehead atoms. The highest BCUT2D eigenvalue weighted by Gasteiger charge is 2.36. The number of hydrogen-bond acceptors (Lipinski definition) is 5. The fraction of sp³-hybridized carbons (Fsp3) is 0.368. The lowest BCUT2D eigenvalue weighted by molar-refractivity contribution is -0.129. The van der Waals surface area contributed by atoms with Crippen LogP contribution in [-0.2, 0) is 16.1 Å². The van der Waals surface area contributed by atoms with Gasteiger partial charge in [0.2, 0.25) is 11.8 Å². The zero-order chi connectivity index (χ0) is 18.7. The molecule has 26 heavy (non-hydrogen) atoms. The molecule has 2 amide bonds. The van der Waals surface area contributed by atoms with Crippen LogP contribution in [0.4, 0.5) is 5.69 Å². The monoisotopic (exact) mass is 358 g/mol. The van der Waals surface area contributed by atoms with E-state index in [-0.39, 0.29) is 24.2 Å². The fourth-order valence-electron chi connectivity index (χ4n) is 3.12. The molecule has 1 fully saturated rings. The third-order valence-electron chi connectivity index (χ3n) is 4.58. The third-order valence-corrected chi connectivity index (χ3v) is 4.58. The molecule has 1 atom stereocenters. The number of rotatable bonds is 6. The van der Waals surface area contributed by atoms with Crippen LogP contribution in [0.15, 0.2) is 41.0 Å². The van der Waals surface area contributed by atoms with Crippen molar-refractivity contribution in [2.45, 2.75) is 13.0 Å². The van der Waals surface area contributed by atoms with Crippen LogP contribution in [0.1, 0.15) is 12.2 Å². The van der Waals surface area contributed by atoms with Gasteiger partial charge >= 0.3 is 0 Å². The van der Waals surface area contributed by atoms with Gasteiger partial charge in [-0.1, -0.05) is 0 Å². The largest absolute Gasteiger partial charge is 0.493 e. The normalized spacial score (nSPS) is 16.7. The molecule has 1 saturated heterocycles. The van der Waals surface area contributed by atoms with Gasteiger partial charge in [-0.2, -0.15) is 0 Å². The summed E-state index contributed by atoms with van der Waals surface area (Å²) in [5.41, 5.74) is 0.685. The number of hydrogen-bond donors (Lipinski definition) is 0. The predicted molar refractivity (Wildman–Crippen MR) is 95.2 cm³/mol. The van der Waals surface area contributed by atoms with Crippen LogP contribution in [0.3, 0.4) is 0 Å². The van der Waals surface area contributed by atoms with Crippen molar-refractivity contribution >= 4 is 17.5 Å². The van der Waals surface area contributed by atoms with Gasteiger partial charge in [0.1, 0.15) is 5.76 Å². The molecular formula is C19H22N2O5. The summed E-state index contributed by atoms with van der Waals surface area (Å²) in [5, 5.41) is 0. The average Bonchev–Trinajstić information content (AvgIpc) is 3.30. The first-order chi connectivity index (χ1) is 12.5. The van der Waals surface area contributed by atoms with E-state index in [4.69, 9.17) is 13.9 Å². The number of ether oxygens (including phenoxy) is 2. The number of methoxy groups -OCH3 is 2. The van der Waals surface area contributed by atoms with Gasteiger partial charge in [-0.15, -0.1) is 0 Å². The summed E-state index contributed by atoms with van der Waals surface area (Å²) >= 11 is 0. The second-order valence-corrected chi connectivity index (χ2v) is 6.19. The maximum Gasteiger partial charge on any atom is 0.232 e. The number of amides is 2. The number of furan rings is 1. The van der Waals surface area contributed by atoms with Crippen molar-refractivity contribution in [2.75, 3.05) is 32.7 Å². The van der Waals surface area contributed by atoms with Gasteiger partial charge in [0, 0.05) is 31.8 Å². The fourth-order valence-corrected chi connectivity index (χ4v) is 3.12. The number of nitrogens with zero attached hydrogens (tertiary/aromatic N) is 2. The van der Waals surface area contributed by atoms with Crippen LogP contribution in [0.5, 0.6) is 11.5 Å². The first-order valence-electron chi connectivity index (χ1n) is 8.33. The van der Waals surface area contributed by atoms with E-state index >= 15 is 0 Å². The van der Waals surface area contributed by atoms with Crippen molar-refractivity contribution < 1.29 is 23.5 Å². The van der Waals surface area contributed by atoms with Crippen LogP contribution >= 0.6 is 0 Å².